The molecule has 24 heavy (non-hydrogen) atoms. The lowest BCUT2D eigenvalue weighted by Crippen LogP contribution is -2.61. The highest BCUT2D eigenvalue weighted by Gasteiger charge is 2.42. The molecule has 0 atom stereocenters. The molecule has 0 unspecified atom stereocenters. The van der Waals surface area contributed by atoms with Gasteiger partial charge in [0.2, 0.25) is 10.0 Å². The number of anilines is 1. The Hall–Kier alpha value is -1.96. The number of benzene rings is 1. The number of sulfonamides is 1. The molecule has 1 aromatic heterocycles. The molecule has 0 aliphatic carbocycles. The topological polar surface area (TPSA) is 74.3 Å². The van der Waals surface area contributed by atoms with E-state index in [0.29, 0.717) is 23.4 Å². The van der Waals surface area contributed by atoms with Gasteiger partial charge in [0.05, 0.1) is 11.4 Å². The molecule has 7 heteroatoms. The van der Waals surface area contributed by atoms with E-state index in [-0.39, 0.29) is 0 Å². The number of para-hydroxylation sites is 1. The second-order valence-electron chi connectivity index (χ2n) is 6.41. The van der Waals surface area contributed by atoms with Gasteiger partial charge in [0.25, 0.3) is 0 Å². The van der Waals surface area contributed by atoms with Crippen LogP contribution in [0.15, 0.2) is 53.6 Å². The molecule has 0 saturated carbocycles. The van der Waals surface area contributed by atoms with Crippen molar-refractivity contribution in [1.29, 1.82) is 0 Å². The summed E-state index contributed by atoms with van der Waals surface area (Å²) in [5, 5.41) is 3.42. The molecule has 0 radical (unpaired) electrons. The van der Waals surface area contributed by atoms with Gasteiger partial charge in [-0.25, -0.2) is 8.42 Å². The number of hydrogen-bond acceptors (Lipinski definition) is 5. The Kier molecular flexibility index (Phi) is 3.79. The van der Waals surface area contributed by atoms with Gasteiger partial charge < -0.3 is 5.32 Å². The zero-order valence-corrected chi connectivity index (χ0v) is 14.1. The third kappa shape index (κ3) is 2.90. The minimum atomic E-state index is -3.47. The minimum Gasteiger partial charge on any atom is -0.365 e. The van der Waals surface area contributed by atoms with Crippen LogP contribution in [0, 0.1) is 0 Å². The van der Waals surface area contributed by atoms with Crippen molar-refractivity contribution in [3.8, 4) is 0 Å². The van der Waals surface area contributed by atoms with Gasteiger partial charge in [-0.3, -0.25) is 9.88 Å². The van der Waals surface area contributed by atoms with Crippen molar-refractivity contribution in [1.82, 2.24) is 14.6 Å². The summed E-state index contributed by atoms with van der Waals surface area (Å²) in [4.78, 5) is 7.00. The van der Waals surface area contributed by atoms with Crippen LogP contribution in [0.4, 0.5) is 5.69 Å². The van der Waals surface area contributed by atoms with Crippen molar-refractivity contribution in [2.45, 2.75) is 29.9 Å². The van der Waals surface area contributed by atoms with Crippen molar-refractivity contribution in [3.63, 3.8) is 0 Å². The van der Waals surface area contributed by atoms with E-state index < -0.39 is 15.7 Å². The van der Waals surface area contributed by atoms with Gasteiger partial charge in [0.15, 0.2) is 0 Å². The number of nitrogens with one attached hydrogen (secondary N) is 2. The molecule has 2 aliphatic rings. The van der Waals surface area contributed by atoms with E-state index in [1.54, 1.807) is 18.3 Å². The quantitative estimate of drug-likeness (QED) is 0.869. The predicted molar refractivity (Wildman–Crippen MR) is 91.9 cm³/mol. The number of nitrogens with zero attached hydrogens (tertiary/aromatic N) is 2. The van der Waals surface area contributed by atoms with E-state index in [9.17, 15) is 8.42 Å². The second-order valence-corrected chi connectivity index (χ2v) is 8.06. The van der Waals surface area contributed by atoms with E-state index in [2.05, 4.69) is 19.9 Å². The van der Waals surface area contributed by atoms with Gasteiger partial charge in [0, 0.05) is 25.8 Å². The van der Waals surface area contributed by atoms with E-state index in [1.807, 2.05) is 30.3 Å². The average Bonchev–Trinajstić information content (AvgIpc) is 2.58. The Bertz CT molecular complexity index is 831. The summed E-state index contributed by atoms with van der Waals surface area (Å²) in [6, 6.07) is 13.0. The molecule has 0 amide bonds. The highest BCUT2D eigenvalue weighted by molar-refractivity contribution is 7.89. The van der Waals surface area contributed by atoms with Crippen LogP contribution in [0.25, 0.3) is 0 Å². The highest BCUT2D eigenvalue weighted by atomic mass is 32.2. The molecule has 3 heterocycles. The molecule has 126 valence electrons. The zero-order valence-electron chi connectivity index (χ0n) is 13.3. The molecule has 1 spiro atoms. The molecule has 4 rings (SSSR count). The molecule has 0 bridgehead atoms. The zero-order chi connectivity index (χ0) is 16.6. The van der Waals surface area contributed by atoms with Gasteiger partial charge in [-0.2, -0.15) is 4.72 Å². The number of aromatic nitrogens is 1. The van der Waals surface area contributed by atoms with Crippen LogP contribution in [-0.4, -0.2) is 37.1 Å². The lowest BCUT2D eigenvalue weighted by Gasteiger charge is -2.45. The number of pyridine rings is 1. The second kappa shape index (κ2) is 5.84. The number of hydrogen-bond donors (Lipinski definition) is 2. The lowest BCUT2D eigenvalue weighted by atomic mass is 9.97. The van der Waals surface area contributed by atoms with Crippen molar-refractivity contribution in [2.75, 3.05) is 18.4 Å². The maximum atomic E-state index is 12.5. The normalized spacial score (nSPS) is 21.8. The molecule has 1 saturated heterocycles. The smallest absolute Gasteiger partial charge is 0.244 e. The fourth-order valence-electron chi connectivity index (χ4n) is 3.44. The summed E-state index contributed by atoms with van der Waals surface area (Å²) < 4.78 is 28.0. The minimum absolute atomic E-state index is 0.326. The van der Waals surface area contributed by atoms with Crippen molar-refractivity contribution in [3.05, 3.63) is 54.4 Å². The van der Waals surface area contributed by atoms with Crippen molar-refractivity contribution < 1.29 is 8.42 Å². The van der Waals surface area contributed by atoms with Crippen LogP contribution in [0.3, 0.4) is 0 Å². The molecule has 6 nitrogen and oxygen atoms in total. The standard InChI is InChI=1S/C17H20N4O2S/c22-24(23)16-7-2-1-6-15(16)19-17(20-24)8-11-21(12-9-17)13-14-5-3-4-10-18-14/h1-7,10,19-20H,8-9,11-13H2. The first-order valence-electron chi connectivity index (χ1n) is 8.10. The predicted octanol–water partition coefficient (Wildman–Crippen LogP) is 1.78. The molecule has 2 aliphatic heterocycles. The molecular weight excluding hydrogens is 324 g/mol. The maximum Gasteiger partial charge on any atom is 0.244 e. The molecule has 1 aromatic carbocycles. The summed E-state index contributed by atoms with van der Waals surface area (Å²) in [5.74, 6) is 0. The van der Waals surface area contributed by atoms with Gasteiger partial charge >= 0.3 is 0 Å². The fourth-order valence-corrected chi connectivity index (χ4v) is 4.99. The summed E-state index contributed by atoms with van der Waals surface area (Å²) in [6.45, 7) is 2.42. The van der Waals surface area contributed by atoms with Crippen LogP contribution >= 0.6 is 0 Å². The largest absolute Gasteiger partial charge is 0.365 e. The van der Waals surface area contributed by atoms with Gasteiger partial charge in [-0.1, -0.05) is 18.2 Å². The van der Waals surface area contributed by atoms with Crippen molar-refractivity contribution in [2.24, 2.45) is 0 Å². The molecular formula is C17H20N4O2S. The van der Waals surface area contributed by atoms with Crippen LogP contribution in [-0.2, 0) is 16.6 Å². The lowest BCUT2D eigenvalue weighted by molar-refractivity contribution is 0.157. The number of rotatable bonds is 2. The van der Waals surface area contributed by atoms with E-state index >= 15 is 0 Å². The van der Waals surface area contributed by atoms with Crippen LogP contribution in [0.2, 0.25) is 0 Å². The first kappa shape index (κ1) is 15.6. The van der Waals surface area contributed by atoms with Crippen LogP contribution in [0.5, 0.6) is 0 Å². The van der Waals surface area contributed by atoms with E-state index in [1.165, 1.54) is 0 Å². The molecule has 2 N–H and O–H groups in total. The Morgan fingerprint density at radius 2 is 1.83 bits per heavy atom. The summed E-state index contributed by atoms with van der Waals surface area (Å²) in [6.07, 6.45) is 3.23. The Labute approximate surface area is 142 Å². The highest BCUT2D eigenvalue weighted by Crippen LogP contribution is 2.34. The Balaban J connectivity index is 1.49. The van der Waals surface area contributed by atoms with E-state index in [0.717, 1.165) is 25.3 Å². The third-order valence-corrected chi connectivity index (χ3v) is 6.30. The Morgan fingerprint density at radius 1 is 1.08 bits per heavy atom. The monoisotopic (exact) mass is 344 g/mol. The maximum absolute atomic E-state index is 12.5. The Morgan fingerprint density at radius 3 is 2.58 bits per heavy atom. The van der Waals surface area contributed by atoms with Crippen molar-refractivity contribution >= 4 is 15.7 Å². The van der Waals surface area contributed by atoms with Crippen LogP contribution in [0.1, 0.15) is 18.5 Å². The van der Waals surface area contributed by atoms with Gasteiger partial charge in [0.1, 0.15) is 10.6 Å². The van der Waals surface area contributed by atoms with Gasteiger partial charge in [-0.05, 0) is 37.1 Å². The average molecular weight is 344 g/mol. The number of fused-ring (bicyclic) bond motifs is 1. The first-order chi connectivity index (χ1) is 11.6. The molecule has 1 fully saturated rings. The summed E-state index contributed by atoms with van der Waals surface area (Å²) in [7, 11) is -3.47. The van der Waals surface area contributed by atoms with E-state index in [4.69, 9.17) is 0 Å². The summed E-state index contributed by atoms with van der Waals surface area (Å²) >= 11 is 0. The fraction of sp³-hybridized carbons (Fsp3) is 0.353. The third-order valence-electron chi connectivity index (χ3n) is 4.70. The molecule has 2 aromatic rings. The first-order valence-corrected chi connectivity index (χ1v) is 9.58. The number of likely N-dealkylation sites (tertiary alicyclic amines) is 1. The van der Waals surface area contributed by atoms with Gasteiger partial charge in [-0.15, -0.1) is 0 Å². The summed E-state index contributed by atoms with van der Waals surface area (Å²) in [5.41, 5.74) is 1.14. The van der Waals surface area contributed by atoms with Crippen LogP contribution < -0.4 is 10.0 Å². The SMILES string of the molecule is O=S1(=O)NC2(CCN(Cc3ccccn3)CC2)Nc2ccccc21. The number of piperidine rings is 1.